The second kappa shape index (κ2) is 4.51. The Bertz CT molecular complexity index is 270. The third kappa shape index (κ3) is 2.10. The molecule has 1 atom stereocenters. The van der Waals surface area contributed by atoms with E-state index in [4.69, 9.17) is 0 Å². The first-order chi connectivity index (χ1) is 6.88. The molecule has 1 aromatic rings. The van der Waals surface area contributed by atoms with Gasteiger partial charge in [0.25, 0.3) is 0 Å². The van der Waals surface area contributed by atoms with Crippen molar-refractivity contribution in [2.75, 3.05) is 0 Å². The molecular formula is C11H16N2O. The zero-order valence-corrected chi connectivity index (χ0v) is 8.26. The summed E-state index contributed by atoms with van der Waals surface area (Å²) >= 11 is 0. The monoisotopic (exact) mass is 192 g/mol. The molecular weight excluding hydrogens is 176 g/mol. The maximum absolute atomic E-state index is 10.0. The first-order valence-corrected chi connectivity index (χ1v) is 5.32. The van der Waals surface area contributed by atoms with Gasteiger partial charge in [0, 0.05) is 12.4 Å². The molecule has 3 nitrogen and oxygen atoms in total. The van der Waals surface area contributed by atoms with Crippen LogP contribution in [0, 0.1) is 5.92 Å². The smallest absolute Gasteiger partial charge is 0.100 e. The number of hydrogen-bond donors (Lipinski definition) is 1. The number of aliphatic hydroxyl groups excluding tert-OH is 1. The van der Waals surface area contributed by atoms with Crippen molar-refractivity contribution < 1.29 is 5.11 Å². The van der Waals surface area contributed by atoms with Crippen molar-refractivity contribution in [3.8, 4) is 0 Å². The predicted molar refractivity (Wildman–Crippen MR) is 53.6 cm³/mol. The van der Waals surface area contributed by atoms with Crippen LogP contribution >= 0.6 is 0 Å². The minimum Gasteiger partial charge on any atom is -0.386 e. The number of nitrogens with zero attached hydrogens (tertiary/aromatic N) is 2. The predicted octanol–water partition coefficient (Wildman–Crippen LogP) is 2.09. The van der Waals surface area contributed by atoms with Crippen LogP contribution in [0.15, 0.2) is 18.6 Å². The van der Waals surface area contributed by atoms with E-state index in [1.165, 1.54) is 19.3 Å². The number of rotatable bonds is 2. The fourth-order valence-corrected chi connectivity index (χ4v) is 2.15. The fourth-order valence-electron chi connectivity index (χ4n) is 2.15. The quantitative estimate of drug-likeness (QED) is 0.780. The van der Waals surface area contributed by atoms with Gasteiger partial charge < -0.3 is 5.11 Å². The summed E-state index contributed by atoms with van der Waals surface area (Å²) in [4.78, 5) is 8.12. The lowest BCUT2D eigenvalue weighted by molar-refractivity contribution is 0.0808. The normalized spacial score (nSPS) is 20.6. The van der Waals surface area contributed by atoms with Crippen molar-refractivity contribution >= 4 is 0 Å². The molecule has 1 fully saturated rings. The van der Waals surface area contributed by atoms with Crippen LogP contribution in [0.4, 0.5) is 0 Å². The summed E-state index contributed by atoms with van der Waals surface area (Å²) in [5.41, 5.74) is 0.722. The molecule has 14 heavy (non-hydrogen) atoms. The lowest BCUT2D eigenvalue weighted by Gasteiger charge is -2.25. The minimum atomic E-state index is -0.413. The topological polar surface area (TPSA) is 46.0 Å². The van der Waals surface area contributed by atoms with Crippen molar-refractivity contribution in [2.24, 2.45) is 5.92 Å². The summed E-state index contributed by atoms with van der Waals surface area (Å²) in [6, 6.07) is 0. The molecule has 0 aliphatic heterocycles. The molecule has 76 valence electrons. The van der Waals surface area contributed by atoms with Crippen LogP contribution in [0.25, 0.3) is 0 Å². The van der Waals surface area contributed by atoms with Crippen LogP contribution in [-0.4, -0.2) is 15.1 Å². The summed E-state index contributed by atoms with van der Waals surface area (Å²) in [5, 5.41) is 10.0. The molecule has 1 unspecified atom stereocenters. The Labute approximate surface area is 84.2 Å². The average Bonchev–Trinajstić information content (AvgIpc) is 2.30. The van der Waals surface area contributed by atoms with Gasteiger partial charge in [0.05, 0.1) is 11.9 Å². The van der Waals surface area contributed by atoms with Gasteiger partial charge in [-0.25, -0.2) is 0 Å². The lowest BCUT2D eigenvalue weighted by Crippen LogP contribution is -2.16. The summed E-state index contributed by atoms with van der Waals surface area (Å²) in [6.45, 7) is 0. The van der Waals surface area contributed by atoms with E-state index in [0.29, 0.717) is 5.92 Å². The Morgan fingerprint density at radius 1 is 1.21 bits per heavy atom. The van der Waals surface area contributed by atoms with Crippen molar-refractivity contribution in [1.29, 1.82) is 0 Å². The molecule has 0 saturated heterocycles. The molecule has 1 aliphatic carbocycles. The first-order valence-electron chi connectivity index (χ1n) is 5.32. The zero-order chi connectivity index (χ0) is 9.80. The molecule has 1 N–H and O–H groups in total. The molecule has 2 rings (SSSR count). The van der Waals surface area contributed by atoms with Crippen molar-refractivity contribution in [3.05, 3.63) is 24.3 Å². The van der Waals surface area contributed by atoms with Gasteiger partial charge in [-0.3, -0.25) is 9.97 Å². The summed E-state index contributed by atoms with van der Waals surface area (Å²) in [6.07, 6.45) is 10.6. The number of hydrogen-bond acceptors (Lipinski definition) is 3. The number of aliphatic hydroxyl groups is 1. The van der Waals surface area contributed by atoms with Gasteiger partial charge in [0.15, 0.2) is 0 Å². The Morgan fingerprint density at radius 3 is 2.64 bits per heavy atom. The Morgan fingerprint density at radius 2 is 2.00 bits per heavy atom. The highest BCUT2D eigenvalue weighted by molar-refractivity contribution is 5.01. The van der Waals surface area contributed by atoms with E-state index in [1.807, 2.05) is 0 Å². The Balaban J connectivity index is 2.03. The lowest BCUT2D eigenvalue weighted by atomic mass is 9.84. The Hall–Kier alpha value is -0.960. The van der Waals surface area contributed by atoms with Crippen LogP contribution in [0.3, 0.4) is 0 Å². The Kier molecular flexibility index (Phi) is 3.09. The van der Waals surface area contributed by atoms with E-state index < -0.39 is 6.10 Å². The molecule has 1 aromatic heterocycles. The molecule has 0 radical (unpaired) electrons. The molecule has 3 heteroatoms. The molecule has 0 bridgehead atoms. The van der Waals surface area contributed by atoms with Crippen LogP contribution in [-0.2, 0) is 0 Å². The molecule has 0 aromatic carbocycles. The summed E-state index contributed by atoms with van der Waals surface area (Å²) in [5.74, 6) is 0.389. The van der Waals surface area contributed by atoms with E-state index in [2.05, 4.69) is 9.97 Å². The van der Waals surface area contributed by atoms with Gasteiger partial charge in [-0.15, -0.1) is 0 Å². The van der Waals surface area contributed by atoms with Crippen molar-refractivity contribution in [3.63, 3.8) is 0 Å². The van der Waals surface area contributed by atoms with E-state index >= 15 is 0 Å². The third-order valence-corrected chi connectivity index (χ3v) is 2.98. The maximum Gasteiger partial charge on any atom is 0.100 e. The molecule has 1 aliphatic rings. The summed E-state index contributed by atoms with van der Waals surface area (Å²) < 4.78 is 0. The van der Waals surface area contributed by atoms with Crippen molar-refractivity contribution in [1.82, 2.24) is 9.97 Å². The molecule has 0 amide bonds. The molecule has 1 saturated carbocycles. The van der Waals surface area contributed by atoms with Gasteiger partial charge in [-0.1, -0.05) is 19.3 Å². The third-order valence-electron chi connectivity index (χ3n) is 2.98. The van der Waals surface area contributed by atoms with Gasteiger partial charge in [0.1, 0.15) is 6.10 Å². The second-order valence-electron chi connectivity index (χ2n) is 3.97. The second-order valence-corrected chi connectivity index (χ2v) is 3.97. The van der Waals surface area contributed by atoms with E-state index in [9.17, 15) is 5.11 Å². The largest absolute Gasteiger partial charge is 0.386 e. The first kappa shape index (κ1) is 9.59. The summed E-state index contributed by atoms with van der Waals surface area (Å²) in [7, 11) is 0. The SMILES string of the molecule is OC(c1cnccn1)C1CCCCC1. The minimum absolute atomic E-state index is 0.389. The number of aromatic nitrogens is 2. The zero-order valence-electron chi connectivity index (χ0n) is 8.26. The van der Waals surface area contributed by atoms with Crippen LogP contribution < -0.4 is 0 Å². The maximum atomic E-state index is 10.0. The van der Waals surface area contributed by atoms with E-state index in [0.717, 1.165) is 18.5 Å². The fraction of sp³-hybridized carbons (Fsp3) is 0.636. The molecule has 0 spiro atoms. The van der Waals surface area contributed by atoms with Crippen molar-refractivity contribution in [2.45, 2.75) is 38.2 Å². The highest BCUT2D eigenvalue weighted by atomic mass is 16.3. The van der Waals surface area contributed by atoms with Gasteiger partial charge in [-0.2, -0.15) is 0 Å². The highest BCUT2D eigenvalue weighted by Gasteiger charge is 2.23. The van der Waals surface area contributed by atoms with Gasteiger partial charge >= 0.3 is 0 Å². The van der Waals surface area contributed by atoms with Crippen LogP contribution in [0.2, 0.25) is 0 Å². The highest BCUT2D eigenvalue weighted by Crippen LogP contribution is 2.33. The van der Waals surface area contributed by atoms with E-state index in [1.54, 1.807) is 18.6 Å². The standard InChI is InChI=1S/C11H16N2O/c14-11(9-4-2-1-3-5-9)10-8-12-6-7-13-10/h6-9,11,14H,1-5H2. The van der Waals surface area contributed by atoms with Gasteiger partial charge in [0.2, 0.25) is 0 Å². The van der Waals surface area contributed by atoms with E-state index in [-0.39, 0.29) is 0 Å². The average molecular weight is 192 g/mol. The molecule has 1 heterocycles. The van der Waals surface area contributed by atoms with Crippen LogP contribution in [0.1, 0.15) is 43.9 Å². The van der Waals surface area contributed by atoms with Crippen LogP contribution in [0.5, 0.6) is 0 Å². The van der Waals surface area contributed by atoms with Gasteiger partial charge in [-0.05, 0) is 18.8 Å².